The fourth-order valence-electron chi connectivity index (χ4n) is 3.72. The molecule has 0 aromatic heterocycles. The van der Waals surface area contributed by atoms with Crippen LogP contribution in [-0.2, 0) is 14.4 Å². The van der Waals surface area contributed by atoms with E-state index in [4.69, 9.17) is 4.74 Å². The largest absolute Gasteiger partial charge is 0.483 e. The van der Waals surface area contributed by atoms with Gasteiger partial charge in [-0.25, -0.2) is 9.69 Å². The molecule has 4 rings (SSSR count). The van der Waals surface area contributed by atoms with Gasteiger partial charge in [0.25, 0.3) is 17.7 Å². The number of imide groups is 2. The second-order valence-electron chi connectivity index (χ2n) is 8.04. The summed E-state index contributed by atoms with van der Waals surface area (Å²) in [7, 11) is 0. The highest BCUT2D eigenvalue weighted by atomic mass is 16.5. The van der Waals surface area contributed by atoms with Gasteiger partial charge >= 0.3 is 6.03 Å². The summed E-state index contributed by atoms with van der Waals surface area (Å²) < 4.78 is 5.67. The first-order chi connectivity index (χ1) is 16.8. The third kappa shape index (κ3) is 5.44. The van der Waals surface area contributed by atoms with E-state index in [0.29, 0.717) is 22.7 Å². The molecule has 176 valence electrons. The van der Waals surface area contributed by atoms with Gasteiger partial charge in [0, 0.05) is 11.3 Å². The zero-order chi connectivity index (χ0) is 24.9. The van der Waals surface area contributed by atoms with Crippen molar-refractivity contribution in [3.8, 4) is 5.75 Å². The van der Waals surface area contributed by atoms with E-state index in [-0.39, 0.29) is 18.1 Å². The van der Waals surface area contributed by atoms with E-state index in [0.717, 1.165) is 16.0 Å². The molecule has 1 aliphatic rings. The summed E-state index contributed by atoms with van der Waals surface area (Å²) in [4.78, 5) is 51.5. The minimum absolute atomic E-state index is 0.228. The molecule has 0 aliphatic carbocycles. The van der Waals surface area contributed by atoms with Crippen molar-refractivity contribution in [2.75, 3.05) is 16.8 Å². The Balaban J connectivity index is 1.57. The lowest BCUT2D eigenvalue weighted by atomic mass is 10.0. The fraction of sp³-hybridized carbons (Fsp3) is 0.111. The summed E-state index contributed by atoms with van der Waals surface area (Å²) >= 11 is 0. The SMILES string of the molecule is Cc1cc(C)cc(N2C(=O)NC(=O)/C(=C\c3ccccc3OCC(=O)Nc3ccccc3)C2=O)c1. The molecule has 3 aromatic carbocycles. The van der Waals surface area contributed by atoms with E-state index in [1.54, 1.807) is 60.7 Å². The average molecular weight is 469 g/mol. The van der Waals surface area contributed by atoms with Gasteiger partial charge in [-0.15, -0.1) is 0 Å². The van der Waals surface area contributed by atoms with Crippen LogP contribution in [0.25, 0.3) is 6.08 Å². The number of urea groups is 1. The molecule has 5 amide bonds. The summed E-state index contributed by atoms with van der Waals surface area (Å²) in [5, 5.41) is 4.94. The van der Waals surface area contributed by atoms with Crippen molar-refractivity contribution >= 4 is 41.2 Å². The van der Waals surface area contributed by atoms with Crippen LogP contribution in [0.1, 0.15) is 16.7 Å². The van der Waals surface area contributed by atoms with E-state index in [1.807, 2.05) is 26.0 Å². The van der Waals surface area contributed by atoms with E-state index >= 15 is 0 Å². The molecule has 2 N–H and O–H groups in total. The highest BCUT2D eigenvalue weighted by Gasteiger charge is 2.37. The third-order valence-electron chi connectivity index (χ3n) is 5.20. The van der Waals surface area contributed by atoms with Crippen LogP contribution in [0.5, 0.6) is 5.75 Å². The van der Waals surface area contributed by atoms with Gasteiger partial charge in [0.05, 0.1) is 5.69 Å². The zero-order valence-electron chi connectivity index (χ0n) is 19.2. The van der Waals surface area contributed by atoms with Crippen molar-refractivity contribution in [3.05, 3.63) is 95.1 Å². The zero-order valence-corrected chi connectivity index (χ0v) is 19.2. The van der Waals surface area contributed by atoms with Crippen molar-refractivity contribution in [3.63, 3.8) is 0 Å². The molecule has 0 unspecified atom stereocenters. The van der Waals surface area contributed by atoms with Gasteiger partial charge in [-0.1, -0.05) is 42.5 Å². The lowest BCUT2D eigenvalue weighted by Crippen LogP contribution is -2.54. The van der Waals surface area contributed by atoms with Gasteiger partial charge in [0.15, 0.2) is 6.61 Å². The van der Waals surface area contributed by atoms with Crippen LogP contribution in [0, 0.1) is 13.8 Å². The van der Waals surface area contributed by atoms with Crippen LogP contribution in [0.15, 0.2) is 78.4 Å². The Hall–Kier alpha value is -4.72. The van der Waals surface area contributed by atoms with Gasteiger partial charge in [-0.3, -0.25) is 19.7 Å². The number of nitrogens with zero attached hydrogens (tertiary/aromatic N) is 1. The molecule has 0 radical (unpaired) electrons. The van der Waals surface area contributed by atoms with Crippen molar-refractivity contribution in [2.45, 2.75) is 13.8 Å². The molecule has 0 spiro atoms. The Labute approximate surface area is 202 Å². The molecular formula is C27H23N3O5. The first-order valence-corrected chi connectivity index (χ1v) is 10.9. The Bertz CT molecular complexity index is 1330. The summed E-state index contributed by atoms with van der Waals surface area (Å²) in [6.45, 7) is 3.43. The van der Waals surface area contributed by atoms with Crippen LogP contribution in [-0.4, -0.2) is 30.4 Å². The Morgan fingerprint density at radius 2 is 1.60 bits per heavy atom. The molecule has 0 saturated carbocycles. The maximum absolute atomic E-state index is 13.2. The van der Waals surface area contributed by atoms with Crippen molar-refractivity contribution in [2.24, 2.45) is 0 Å². The van der Waals surface area contributed by atoms with E-state index < -0.39 is 17.8 Å². The second-order valence-corrected chi connectivity index (χ2v) is 8.04. The molecule has 8 nitrogen and oxygen atoms in total. The number of benzene rings is 3. The molecule has 0 bridgehead atoms. The number of aryl methyl sites for hydroxylation is 2. The van der Waals surface area contributed by atoms with E-state index in [9.17, 15) is 19.2 Å². The summed E-state index contributed by atoms with van der Waals surface area (Å²) in [5.41, 5.74) is 2.93. The lowest BCUT2D eigenvalue weighted by molar-refractivity contribution is -0.122. The number of para-hydroxylation sites is 2. The Kier molecular flexibility index (Phi) is 6.73. The van der Waals surface area contributed by atoms with Gasteiger partial charge in [0.1, 0.15) is 11.3 Å². The third-order valence-corrected chi connectivity index (χ3v) is 5.20. The minimum atomic E-state index is -0.815. The van der Waals surface area contributed by atoms with Gasteiger partial charge < -0.3 is 10.1 Å². The maximum atomic E-state index is 13.2. The Morgan fingerprint density at radius 3 is 2.31 bits per heavy atom. The molecule has 1 saturated heterocycles. The number of nitrogens with one attached hydrogen (secondary N) is 2. The topological polar surface area (TPSA) is 105 Å². The molecule has 3 aromatic rings. The molecule has 0 atom stereocenters. The van der Waals surface area contributed by atoms with E-state index in [1.165, 1.54) is 6.08 Å². The van der Waals surface area contributed by atoms with Gasteiger partial charge in [-0.2, -0.15) is 0 Å². The first kappa shape index (κ1) is 23.4. The summed E-state index contributed by atoms with van der Waals surface area (Å²) in [6, 6.07) is 20.1. The molecular weight excluding hydrogens is 446 g/mol. The number of amides is 5. The highest BCUT2D eigenvalue weighted by Crippen LogP contribution is 2.26. The maximum Gasteiger partial charge on any atom is 0.335 e. The smallest absolute Gasteiger partial charge is 0.335 e. The standard InChI is InChI=1S/C27H23N3O5/c1-17-12-18(2)14-21(13-17)30-26(33)22(25(32)29-27(30)34)15-19-8-6-7-11-23(19)35-16-24(31)28-20-9-4-3-5-10-20/h3-15H,16H2,1-2H3,(H,28,31)(H,29,32,34)/b22-15+. The average Bonchev–Trinajstić information content (AvgIpc) is 2.81. The molecule has 1 fully saturated rings. The number of anilines is 2. The minimum Gasteiger partial charge on any atom is -0.483 e. The van der Waals surface area contributed by atoms with E-state index in [2.05, 4.69) is 10.6 Å². The molecule has 1 heterocycles. The Morgan fingerprint density at radius 1 is 0.943 bits per heavy atom. The number of carbonyl (C=O) groups excluding carboxylic acids is 4. The van der Waals surface area contributed by atoms with Crippen molar-refractivity contribution in [1.82, 2.24) is 5.32 Å². The number of rotatable bonds is 6. The summed E-state index contributed by atoms with van der Waals surface area (Å²) in [5.74, 6) is -1.62. The van der Waals surface area contributed by atoms with Crippen molar-refractivity contribution in [1.29, 1.82) is 0 Å². The van der Waals surface area contributed by atoms with Crippen LogP contribution in [0.2, 0.25) is 0 Å². The highest BCUT2D eigenvalue weighted by molar-refractivity contribution is 6.39. The monoisotopic (exact) mass is 469 g/mol. The predicted molar refractivity (Wildman–Crippen MR) is 132 cm³/mol. The number of barbiturate groups is 1. The molecule has 8 heteroatoms. The van der Waals surface area contributed by atoms with Gasteiger partial charge in [0.2, 0.25) is 0 Å². The van der Waals surface area contributed by atoms with Crippen molar-refractivity contribution < 1.29 is 23.9 Å². The van der Waals surface area contributed by atoms with Crippen LogP contribution < -0.4 is 20.3 Å². The number of carbonyl (C=O) groups is 4. The number of hydrogen-bond donors (Lipinski definition) is 2. The number of hydrogen-bond acceptors (Lipinski definition) is 5. The number of ether oxygens (including phenoxy) is 1. The van der Waals surface area contributed by atoms with Crippen LogP contribution in [0.3, 0.4) is 0 Å². The van der Waals surface area contributed by atoms with Crippen LogP contribution >= 0.6 is 0 Å². The fourth-order valence-corrected chi connectivity index (χ4v) is 3.72. The first-order valence-electron chi connectivity index (χ1n) is 10.9. The summed E-state index contributed by atoms with van der Waals surface area (Å²) in [6.07, 6.45) is 1.35. The van der Waals surface area contributed by atoms with Gasteiger partial charge in [-0.05, 0) is 61.4 Å². The molecule has 1 aliphatic heterocycles. The van der Waals surface area contributed by atoms with Crippen LogP contribution in [0.4, 0.5) is 16.2 Å². The molecule has 35 heavy (non-hydrogen) atoms. The predicted octanol–water partition coefficient (Wildman–Crippen LogP) is 3.99. The lowest BCUT2D eigenvalue weighted by Gasteiger charge is -2.27. The quantitative estimate of drug-likeness (QED) is 0.420. The second kappa shape index (κ2) is 10.0. The normalized spacial score (nSPS) is 14.6.